The molecule has 3 N–H and O–H groups in total. The van der Waals surface area contributed by atoms with E-state index in [9.17, 15) is 13.2 Å². The number of thiophene rings is 1. The molecule has 1 heterocycles. The molecule has 6 nitrogen and oxygen atoms in total. The summed E-state index contributed by atoms with van der Waals surface area (Å²) >= 11 is 1.61. The molecule has 0 bridgehead atoms. The van der Waals surface area contributed by atoms with Crippen molar-refractivity contribution in [2.45, 2.75) is 31.1 Å². The van der Waals surface area contributed by atoms with E-state index in [1.807, 2.05) is 17.5 Å². The molecule has 2 amide bonds. The van der Waals surface area contributed by atoms with Crippen LogP contribution in [0.2, 0.25) is 0 Å². The highest BCUT2D eigenvalue weighted by molar-refractivity contribution is 7.91. The van der Waals surface area contributed by atoms with E-state index in [1.165, 1.54) is 0 Å². The lowest BCUT2D eigenvalue weighted by Gasteiger charge is -2.18. The summed E-state index contributed by atoms with van der Waals surface area (Å²) in [5.74, 6) is -0.196. The van der Waals surface area contributed by atoms with Crippen LogP contribution in [0.4, 0.5) is 4.79 Å². The van der Waals surface area contributed by atoms with Crippen LogP contribution in [0.1, 0.15) is 37.3 Å². The third kappa shape index (κ3) is 4.73. The normalized spacial score (nSPS) is 12.6. The molecule has 0 spiro atoms. The topological polar surface area (TPSA) is 98.5 Å². The monoisotopic (exact) mass is 382 g/mol. The van der Waals surface area contributed by atoms with Gasteiger partial charge in [-0.05, 0) is 53.4 Å². The molecule has 1 atom stereocenters. The van der Waals surface area contributed by atoms with Crippen LogP contribution >= 0.6 is 11.3 Å². The molecule has 8 heteroatoms. The molecule has 0 saturated heterocycles. The maximum atomic E-state index is 12.6. The molecule has 0 aliphatic heterocycles. The van der Waals surface area contributed by atoms with Crippen molar-refractivity contribution in [1.82, 2.24) is 5.32 Å². The number of carbonyl (C=O) groups is 1. The molecule has 1 aromatic carbocycles. The standard InChI is InChI=1S/C17H22N2O4S2/c1-3-14(13-7-8-24-10-13)12-5-6-15(23-4-2)16(9-12)25(21,22)11-19-17(18)20/h5-10,14H,3-4,11H2,1-2H3,(H3,18,19,20). The summed E-state index contributed by atoms with van der Waals surface area (Å²) in [5, 5.41) is 6.20. The number of hydrogen-bond donors (Lipinski definition) is 2. The first-order chi connectivity index (χ1) is 11.9. The van der Waals surface area contributed by atoms with E-state index in [2.05, 4.69) is 17.6 Å². The van der Waals surface area contributed by atoms with Crippen molar-refractivity contribution in [1.29, 1.82) is 0 Å². The number of sulfone groups is 1. The van der Waals surface area contributed by atoms with E-state index < -0.39 is 21.7 Å². The van der Waals surface area contributed by atoms with E-state index in [0.29, 0.717) is 6.61 Å². The Balaban J connectivity index is 2.47. The van der Waals surface area contributed by atoms with Gasteiger partial charge >= 0.3 is 6.03 Å². The van der Waals surface area contributed by atoms with Gasteiger partial charge in [-0.2, -0.15) is 11.3 Å². The van der Waals surface area contributed by atoms with Gasteiger partial charge in [0.1, 0.15) is 16.5 Å². The van der Waals surface area contributed by atoms with Gasteiger partial charge in [-0.15, -0.1) is 0 Å². The summed E-state index contributed by atoms with van der Waals surface area (Å²) in [7, 11) is -3.78. The Morgan fingerprint density at radius 2 is 2.04 bits per heavy atom. The third-order valence-electron chi connectivity index (χ3n) is 3.80. The molecule has 0 radical (unpaired) electrons. The Bertz CT molecular complexity index is 817. The Hall–Kier alpha value is -2.06. The second-order valence-corrected chi connectivity index (χ2v) is 8.19. The van der Waals surface area contributed by atoms with Crippen molar-refractivity contribution in [3.8, 4) is 5.75 Å². The molecule has 0 saturated carbocycles. The maximum absolute atomic E-state index is 12.6. The molecule has 0 aliphatic rings. The number of nitrogens with two attached hydrogens (primary N) is 1. The van der Waals surface area contributed by atoms with Crippen LogP contribution in [0.5, 0.6) is 5.75 Å². The lowest BCUT2D eigenvalue weighted by Crippen LogP contribution is -2.34. The lowest BCUT2D eigenvalue weighted by atomic mass is 9.91. The smallest absolute Gasteiger partial charge is 0.313 e. The second-order valence-electron chi connectivity index (χ2n) is 5.46. The highest BCUT2D eigenvalue weighted by Gasteiger charge is 2.23. The van der Waals surface area contributed by atoms with Crippen LogP contribution in [-0.2, 0) is 9.84 Å². The van der Waals surface area contributed by atoms with Crippen molar-refractivity contribution in [3.63, 3.8) is 0 Å². The number of urea groups is 1. The zero-order valence-electron chi connectivity index (χ0n) is 14.2. The Labute approximate surface area is 151 Å². The van der Waals surface area contributed by atoms with Crippen LogP contribution < -0.4 is 15.8 Å². The molecule has 136 valence electrons. The highest BCUT2D eigenvalue weighted by Crippen LogP contribution is 2.34. The number of carbonyl (C=O) groups excluding carboxylic acids is 1. The van der Waals surface area contributed by atoms with E-state index in [0.717, 1.165) is 17.5 Å². The average Bonchev–Trinajstić information content (AvgIpc) is 3.09. The van der Waals surface area contributed by atoms with Gasteiger partial charge in [-0.1, -0.05) is 13.0 Å². The molecule has 2 rings (SSSR count). The zero-order chi connectivity index (χ0) is 18.4. The largest absolute Gasteiger partial charge is 0.493 e. The van der Waals surface area contributed by atoms with E-state index in [4.69, 9.17) is 10.5 Å². The van der Waals surface area contributed by atoms with E-state index >= 15 is 0 Å². The fraction of sp³-hybridized carbons (Fsp3) is 0.353. The highest BCUT2D eigenvalue weighted by atomic mass is 32.2. The SMILES string of the molecule is CCOc1ccc(C(CC)c2ccsc2)cc1S(=O)(=O)CNC(N)=O. The molecule has 1 aromatic heterocycles. The van der Waals surface area contributed by atoms with Gasteiger partial charge in [-0.3, -0.25) is 0 Å². The first-order valence-electron chi connectivity index (χ1n) is 7.94. The summed E-state index contributed by atoms with van der Waals surface area (Å²) in [6.07, 6.45) is 0.837. The molecular weight excluding hydrogens is 360 g/mol. The van der Waals surface area contributed by atoms with Gasteiger partial charge in [0.05, 0.1) is 6.61 Å². The Morgan fingerprint density at radius 1 is 1.28 bits per heavy atom. The minimum atomic E-state index is -3.78. The minimum absolute atomic E-state index is 0.0641. The van der Waals surface area contributed by atoms with E-state index in [-0.39, 0.29) is 16.6 Å². The number of rotatable bonds is 8. The second kappa shape index (κ2) is 8.35. The average molecular weight is 383 g/mol. The predicted octanol–water partition coefficient (Wildman–Crippen LogP) is 3.09. The summed E-state index contributed by atoms with van der Waals surface area (Å²) < 4.78 is 30.7. The number of benzene rings is 1. The Morgan fingerprint density at radius 3 is 2.60 bits per heavy atom. The number of primary amides is 1. The van der Waals surface area contributed by atoms with Crippen LogP contribution in [0.25, 0.3) is 0 Å². The van der Waals surface area contributed by atoms with Crippen molar-refractivity contribution in [2.24, 2.45) is 5.73 Å². The van der Waals surface area contributed by atoms with Crippen molar-refractivity contribution >= 4 is 27.2 Å². The molecule has 25 heavy (non-hydrogen) atoms. The van der Waals surface area contributed by atoms with Gasteiger partial charge < -0.3 is 15.8 Å². The summed E-state index contributed by atoms with van der Waals surface area (Å²) in [6.45, 7) is 4.18. The fourth-order valence-electron chi connectivity index (χ4n) is 2.64. The maximum Gasteiger partial charge on any atom is 0.313 e. The summed E-state index contributed by atoms with van der Waals surface area (Å²) in [5.41, 5.74) is 7.03. The number of hydrogen-bond acceptors (Lipinski definition) is 5. The first-order valence-corrected chi connectivity index (χ1v) is 10.5. The predicted molar refractivity (Wildman–Crippen MR) is 98.8 cm³/mol. The van der Waals surface area contributed by atoms with E-state index in [1.54, 1.807) is 30.4 Å². The number of amides is 2. The lowest BCUT2D eigenvalue weighted by molar-refractivity contribution is 0.250. The molecule has 0 fully saturated rings. The number of ether oxygens (including phenoxy) is 1. The number of nitrogens with one attached hydrogen (secondary N) is 1. The fourth-order valence-corrected chi connectivity index (χ4v) is 4.59. The van der Waals surface area contributed by atoms with Gasteiger partial charge in [0.2, 0.25) is 0 Å². The van der Waals surface area contributed by atoms with Gasteiger partial charge in [0.25, 0.3) is 0 Å². The summed E-state index contributed by atoms with van der Waals surface area (Å²) in [6, 6.07) is 6.34. The Kier molecular flexibility index (Phi) is 6.44. The van der Waals surface area contributed by atoms with Crippen molar-refractivity contribution in [3.05, 3.63) is 46.2 Å². The molecule has 2 aromatic rings. The third-order valence-corrected chi connectivity index (χ3v) is 6.01. The van der Waals surface area contributed by atoms with Gasteiger partial charge in [0, 0.05) is 5.92 Å². The van der Waals surface area contributed by atoms with Gasteiger partial charge in [0.15, 0.2) is 9.84 Å². The quantitative estimate of drug-likeness (QED) is 0.733. The van der Waals surface area contributed by atoms with Crippen LogP contribution in [0.3, 0.4) is 0 Å². The first kappa shape index (κ1) is 19.3. The molecule has 1 unspecified atom stereocenters. The molecule has 0 aliphatic carbocycles. The molecular formula is C17H22N2O4S2. The van der Waals surface area contributed by atoms with Crippen molar-refractivity contribution < 1.29 is 17.9 Å². The van der Waals surface area contributed by atoms with Crippen LogP contribution in [0, 0.1) is 0 Å². The van der Waals surface area contributed by atoms with Gasteiger partial charge in [-0.25, -0.2) is 13.2 Å². The summed E-state index contributed by atoms with van der Waals surface area (Å²) in [4.78, 5) is 10.9. The van der Waals surface area contributed by atoms with Crippen LogP contribution in [0.15, 0.2) is 39.9 Å². The van der Waals surface area contributed by atoms with Crippen molar-refractivity contribution in [2.75, 3.05) is 12.5 Å². The van der Waals surface area contributed by atoms with Crippen LogP contribution in [-0.4, -0.2) is 26.9 Å². The zero-order valence-corrected chi connectivity index (χ0v) is 15.8. The minimum Gasteiger partial charge on any atom is -0.493 e.